The molecule has 2 N–H and O–H groups in total. The summed E-state index contributed by atoms with van der Waals surface area (Å²) in [4.78, 5) is 31.9. The Morgan fingerprint density at radius 2 is 1.87 bits per heavy atom. The van der Waals surface area contributed by atoms with Gasteiger partial charge in [-0.15, -0.1) is 0 Å². The van der Waals surface area contributed by atoms with Gasteiger partial charge in [-0.2, -0.15) is 0 Å². The second-order valence-corrected chi connectivity index (χ2v) is 9.10. The van der Waals surface area contributed by atoms with E-state index in [9.17, 15) is 9.59 Å². The highest BCUT2D eigenvalue weighted by molar-refractivity contribution is 8.00. The molecule has 3 aromatic rings. The molecule has 3 rings (SSSR count). The Morgan fingerprint density at radius 3 is 2.57 bits per heavy atom. The number of benzene rings is 2. The van der Waals surface area contributed by atoms with Crippen molar-refractivity contribution in [2.45, 2.75) is 37.2 Å². The molecule has 6 nitrogen and oxygen atoms in total. The van der Waals surface area contributed by atoms with Crippen LogP contribution in [0.5, 0.6) is 0 Å². The molecular formula is C23H29N4O2S+. The summed E-state index contributed by atoms with van der Waals surface area (Å²) in [6.07, 6.45) is 0.861. The van der Waals surface area contributed by atoms with Crippen LogP contribution in [-0.2, 0) is 11.3 Å². The molecule has 0 fully saturated rings. The van der Waals surface area contributed by atoms with E-state index >= 15 is 0 Å². The molecule has 1 heterocycles. The third-order valence-corrected chi connectivity index (χ3v) is 5.95. The maximum absolute atomic E-state index is 13.1. The van der Waals surface area contributed by atoms with E-state index in [-0.39, 0.29) is 11.5 Å². The van der Waals surface area contributed by atoms with Crippen molar-refractivity contribution in [2.75, 3.05) is 26.0 Å². The number of fused-ring (bicyclic) bond motifs is 1. The van der Waals surface area contributed by atoms with Crippen molar-refractivity contribution in [1.82, 2.24) is 9.55 Å². The van der Waals surface area contributed by atoms with E-state index in [1.807, 2.05) is 56.3 Å². The molecule has 0 aliphatic carbocycles. The number of carbonyl (C=O) groups excluding carboxylic acids is 1. The monoisotopic (exact) mass is 425 g/mol. The molecular weight excluding hydrogens is 396 g/mol. The third kappa shape index (κ3) is 5.49. The minimum atomic E-state index is -0.398. The zero-order valence-electron chi connectivity index (χ0n) is 17.9. The van der Waals surface area contributed by atoms with E-state index < -0.39 is 5.25 Å². The molecule has 0 bridgehead atoms. The SMILES string of the molecule is Cc1ccc(NC(=O)[C@H](C)Sc2nc3ccccc3c(=O)n2CCC[NH+](C)C)cc1. The average molecular weight is 426 g/mol. The number of thioether (sulfide) groups is 1. The van der Waals surface area contributed by atoms with Gasteiger partial charge in [0.1, 0.15) is 0 Å². The van der Waals surface area contributed by atoms with Gasteiger partial charge in [0, 0.05) is 18.7 Å². The van der Waals surface area contributed by atoms with Gasteiger partial charge >= 0.3 is 0 Å². The molecule has 30 heavy (non-hydrogen) atoms. The van der Waals surface area contributed by atoms with Gasteiger partial charge in [-0.05, 0) is 38.1 Å². The van der Waals surface area contributed by atoms with Gasteiger partial charge in [-0.25, -0.2) is 4.98 Å². The van der Waals surface area contributed by atoms with Crippen molar-refractivity contribution in [3.63, 3.8) is 0 Å². The molecule has 7 heteroatoms. The molecule has 0 saturated heterocycles. The summed E-state index contributed by atoms with van der Waals surface area (Å²) in [5.74, 6) is -0.115. The number of para-hydroxylation sites is 1. The topological polar surface area (TPSA) is 68.4 Å². The third-order valence-electron chi connectivity index (χ3n) is 4.86. The Hall–Kier alpha value is -2.64. The largest absolute Gasteiger partial charge is 0.340 e. The van der Waals surface area contributed by atoms with Crippen LogP contribution < -0.4 is 15.8 Å². The van der Waals surface area contributed by atoms with Crippen LogP contribution in [0.1, 0.15) is 18.9 Å². The van der Waals surface area contributed by atoms with E-state index in [0.29, 0.717) is 22.6 Å². The number of carbonyl (C=O) groups is 1. The molecule has 0 aliphatic rings. The van der Waals surface area contributed by atoms with Crippen molar-refractivity contribution in [3.05, 3.63) is 64.4 Å². The number of aryl methyl sites for hydroxylation is 1. The zero-order valence-corrected chi connectivity index (χ0v) is 18.8. The van der Waals surface area contributed by atoms with E-state index in [1.54, 1.807) is 10.6 Å². The van der Waals surface area contributed by atoms with Crippen molar-refractivity contribution >= 4 is 34.3 Å². The fourth-order valence-electron chi connectivity index (χ4n) is 3.12. The van der Waals surface area contributed by atoms with Crippen molar-refractivity contribution in [2.24, 2.45) is 0 Å². The molecule has 0 unspecified atom stereocenters. The van der Waals surface area contributed by atoms with E-state index in [1.165, 1.54) is 16.7 Å². The highest BCUT2D eigenvalue weighted by atomic mass is 32.2. The lowest BCUT2D eigenvalue weighted by Crippen LogP contribution is -3.05. The first kappa shape index (κ1) is 22.1. The van der Waals surface area contributed by atoms with Gasteiger partial charge < -0.3 is 10.2 Å². The maximum Gasteiger partial charge on any atom is 0.262 e. The number of anilines is 1. The Bertz CT molecular complexity index is 1080. The fourth-order valence-corrected chi connectivity index (χ4v) is 4.05. The number of nitrogens with one attached hydrogen (secondary N) is 2. The van der Waals surface area contributed by atoms with Crippen molar-refractivity contribution in [3.8, 4) is 0 Å². The van der Waals surface area contributed by atoms with Crippen LogP contribution in [0.15, 0.2) is 58.5 Å². The molecule has 0 radical (unpaired) electrons. The van der Waals surface area contributed by atoms with Crippen LogP contribution in [0.4, 0.5) is 5.69 Å². The molecule has 2 aromatic carbocycles. The molecule has 1 aromatic heterocycles. The summed E-state index contributed by atoms with van der Waals surface area (Å²) in [6.45, 7) is 5.37. The minimum Gasteiger partial charge on any atom is -0.340 e. The number of nitrogens with zero attached hydrogens (tertiary/aromatic N) is 2. The number of rotatable bonds is 8. The molecule has 0 spiro atoms. The molecule has 158 valence electrons. The first-order chi connectivity index (χ1) is 14.3. The summed E-state index contributed by atoms with van der Waals surface area (Å²) in [5.41, 5.74) is 2.50. The standard InChI is InChI=1S/C23H28N4O2S/c1-16-10-12-18(13-11-16)24-21(28)17(2)30-23-25-20-9-6-5-8-19(20)22(29)27(23)15-7-14-26(3)4/h5-6,8-13,17H,7,14-15H2,1-4H3,(H,24,28)/p+1/t17-/m0/s1. The molecule has 1 amide bonds. The van der Waals surface area contributed by atoms with Crippen LogP contribution in [0.25, 0.3) is 10.9 Å². The lowest BCUT2D eigenvalue weighted by molar-refractivity contribution is -0.858. The summed E-state index contributed by atoms with van der Waals surface area (Å²) in [5, 5.41) is 3.73. The summed E-state index contributed by atoms with van der Waals surface area (Å²) in [7, 11) is 4.18. The fraction of sp³-hybridized carbons (Fsp3) is 0.348. The van der Waals surface area contributed by atoms with Crippen molar-refractivity contribution in [1.29, 1.82) is 0 Å². The predicted molar refractivity (Wildman–Crippen MR) is 123 cm³/mol. The minimum absolute atomic E-state index is 0.0528. The smallest absolute Gasteiger partial charge is 0.262 e. The Kier molecular flexibility index (Phi) is 7.29. The van der Waals surface area contributed by atoms with Crippen LogP contribution in [-0.4, -0.2) is 41.3 Å². The van der Waals surface area contributed by atoms with Gasteiger partial charge in [0.15, 0.2) is 5.16 Å². The van der Waals surface area contributed by atoms with Crippen LogP contribution in [0.2, 0.25) is 0 Å². The predicted octanol–water partition coefficient (Wildman–Crippen LogP) is 2.36. The maximum atomic E-state index is 13.1. The lowest BCUT2D eigenvalue weighted by Gasteiger charge is -2.17. The number of hydrogen-bond donors (Lipinski definition) is 2. The van der Waals surface area contributed by atoms with Crippen LogP contribution >= 0.6 is 11.8 Å². The first-order valence-electron chi connectivity index (χ1n) is 10.2. The van der Waals surface area contributed by atoms with Gasteiger partial charge in [0.25, 0.3) is 5.56 Å². The van der Waals surface area contributed by atoms with Crippen LogP contribution in [0, 0.1) is 6.92 Å². The number of amides is 1. The zero-order chi connectivity index (χ0) is 21.7. The second-order valence-electron chi connectivity index (χ2n) is 7.79. The highest BCUT2D eigenvalue weighted by Crippen LogP contribution is 2.24. The highest BCUT2D eigenvalue weighted by Gasteiger charge is 2.19. The molecule has 0 aliphatic heterocycles. The normalized spacial score (nSPS) is 12.3. The Morgan fingerprint density at radius 1 is 1.17 bits per heavy atom. The first-order valence-corrected chi connectivity index (χ1v) is 11.1. The number of quaternary nitrogens is 1. The average Bonchev–Trinajstić information content (AvgIpc) is 2.71. The van der Waals surface area contributed by atoms with E-state index in [4.69, 9.17) is 4.98 Å². The summed E-state index contributed by atoms with van der Waals surface area (Å²) >= 11 is 1.32. The molecule has 1 atom stereocenters. The number of aromatic nitrogens is 2. The quantitative estimate of drug-likeness (QED) is 0.429. The van der Waals surface area contributed by atoms with E-state index in [2.05, 4.69) is 19.4 Å². The van der Waals surface area contributed by atoms with Crippen LogP contribution in [0.3, 0.4) is 0 Å². The summed E-state index contributed by atoms with van der Waals surface area (Å²) in [6, 6.07) is 15.1. The summed E-state index contributed by atoms with van der Waals surface area (Å²) < 4.78 is 1.71. The van der Waals surface area contributed by atoms with Gasteiger partial charge in [-0.1, -0.05) is 41.6 Å². The Labute approximate surface area is 181 Å². The van der Waals surface area contributed by atoms with Gasteiger partial charge in [0.2, 0.25) is 5.91 Å². The van der Waals surface area contributed by atoms with E-state index in [0.717, 1.165) is 24.2 Å². The lowest BCUT2D eigenvalue weighted by atomic mass is 10.2. The Balaban J connectivity index is 1.84. The van der Waals surface area contributed by atoms with Gasteiger partial charge in [0.05, 0.1) is 36.8 Å². The second kappa shape index (κ2) is 9.91. The van der Waals surface area contributed by atoms with Gasteiger partial charge in [-0.3, -0.25) is 14.2 Å². The molecule has 0 saturated carbocycles. The number of hydrogen-bond acceptors (Lipinski definition) is 4. The van der Waals surface area contributed by atoms with Crippen molar-refractivity contribution < 1.29 is 9.69 Å².